The molecule has 0 saturated carbocycles. The first-order valence-electron chi connectivity index (χ1n) is 25.6. The lowest BCUT2D eigenvalue weighted by Gasteiger charge is -2.20. The molecule has 0 rings (SSSR count). The maximum atomic E-state index is 12.7. The average Bonchev–Trinajstić information content (AvgIpc) is 3.26. The van der Waals surface area contributed by atoms with Gasteiger partial charge >= 0.3 is 13.8 Å². The average molecular weight is 897 g/mol. The van der Waals surface area contributed by atoms with E-state index in [-0.39, 0.29) is 25.6 Å². The van der Waals surface area contributed by atoms with Crippen molar-refractivity contribution in [2.45, 2.75) is 244 Å². The van der Waals surface area contributed by atoms with Gasteiger partial charge in [0.1, 0.15) is 12.2 Å². The van der Waals surface area contributed by atoms with Crippen LogP contribution in [0.2, 0.25) is 0 Å². The van der Waals surface area contributed by atoms with E-state index in [2.05, 4.69) is 62.5 Å². The molecule has 0 aromatic rings. The summed E-state index contributed by atoms with van der Waals surface area (Å²) in [5, 5.41) is 18.4. The molecule has 3 atom stereocenters. The van der Waals surface area contributed by atoms with E-state index in [0.29, 0.717) is 6.61 Å². The standard InChI is InChI=1S/C52H97O9P/c1-3-5-7-9-11-13-15-17-19-21-22-23-24-25-26-27-29-31-33-35-37-39-41-43-45-58-48-51(49-60-62(56,57)59-47-50(54)46-53)61-52(55)44-42-40-38-36-34-32-30-28-20-18-16-14-12-10-8-6-4-2/h15,17-18,20-22,24-25,50-51,53-54H,3-14,16,19,23,26-49H2,1-2H3,(H,56,57)/b17-15-,20-18-,22-21-,25-24-. The highest BCUT2D eigenvalue weighted by atomic mass is 31.2. The highest BCUT2D eigenvalue weighted by Crippen LogP contribution is 2.43. The van der Waals surface area contributed by atoms with E-state index < -0.39 is 33.2 Å². The quantitative estimate of drug-likeness (QED) is 0.0236. The molecule has 9 nitrogen and oxygen atoms in total. The summed E-state index contributed by atoms with van der Waals surface area (Å²) < 4.78 is 33.5. The molecule has 0 amide bonds. The Labute approximate surface area is 381 Å². The van der Waals surface area contributed by atoms with Gasteiger partial charge in [-0.05, 0) is 77.0 Å². The summed E-state index contributed by atoms with van der Waals surface area (Å²) in [4.78, 5) is 22.7. The smallest absolute Gasteiger partial charge is 0.457 e. The lowest BCUT2D eigenvalue weighted by atomic mass is 10.1. The molecule has 3 N–H and O–H groups in total. The van der Waals surface area contributed by atoms with Crippen molar-refractivity contribution in [2.24, 2.45) is 0 Å². The molecule has 3 unspecified atom stereocenters. The summed E-state index contributed by atoms with van der Waals surface area (Å²) in [5.41, 5.74) is 0. The fourth-order valence-corrected chi connectivity index (χ4v) is 7.85. The molecule has 0 heterocycles. The number of carbonyl (C=O) groups excluding carboxylic acids is 1. The zero-order valence-corrected chi connectivity index (χ0v) is 41.0. The summed E-state index contributed by atoms with van der Waals surface area (Å²) in [7, 11) is -4.53. The molecule has 0 aliphatic heterocycles. The minimum Gasteiger partial charge on any atom is -0.457 e. The Bertz CT molecular complexity index is 1110. The van der Waals surface area contributed by atoms with Crippen LogP contribution in [0, 0.1) is 0 Å². The van der Waals surface area contributed by atoms with Gasteiger partial charge in [-0.2, -0.15) is 0 Å². The zero-order valence-electron chi connectivity index (χ0n) is 40.1. The van der Waals surface area contributed by atoms with Gasteiger partial charge in [0.15, 0.2) is 0 Å². The van der Waals surface area contributed by atoms with Gasteiger partial charge in [-0.15, -0.1) is 0 Å². The van der Waals surface area contributed by atoms with Crippen LogP contribution >= 0.6 is 7.82 Å². The number of phosphoric ester groups is 1. The number of carbonyl (C=O) groups is 1. The van der Waals surface area contributed by atoms with E-state index in [4.69, 9.17) is 23.6 Å². The van der Waals surface area contributed by atoms with Gasteiger partial charge in [0, 0.05) is 13.0 Å². The molecule has 0 radical (unpaired) electrons. The van der Waals surface area contributed by atoms with E-state index in [1.54, 1.807) is 0 Å². The molecule has 0 bridgehead atoms. The fraction of sp³-hybridized carbons (Fsp3) is 0.827. The molecule has 364 valence electrons. The first-order chi connectivity index (χ1) is 30.3. The summed E-state index contributed by atoms with van der Waals surface area (Å²) >= 11 is 0. The van der Waals surface area contributed by atoms with Crippen LogP contribution < -0.4 is 0 Å². The van der Waals surface area contributed by atoms with Crippen LogP contribution in [0.4, 0.5) is 0 Å². The SMILES string of the molecule is CCCCCCC/C=C\C/C=C\C/C=C\CCCCCCCCCCCOCC(COP(=O)(O)OCC(O)CO)OC(=O)CCCCCCCCC/C=C\CCCCCCCC. The number of rotatable bonds is 49. The van der Waals surface area contributed by atoms with Crippen molar-refractivity contribution < 1.29 is 43.0 Å². The largest absolute Gasteiger partial charge is 0.472 e. The van der Waals surface area contributed by atoms with Crippen LogP contribution in [0.15, 0.2) is 48.6 Å². The summed E-state index contributed by atoms with van der Waals surface area (Å²) in [6.45, 7) is 3.51. The third kappa shape index (κ3) is 47.9. The Morgan fingerprint density at radius 3 is 1.32 bits per heavy atom. The molecular formula is C52H97O9P. The first-order valence-corrected chi connectivity index (χ1v) is 27.1. The molecule has 0 spiro atoms. The van der Waals surface area contributed by atoms with Crippen molar-refractivity contribution in [1.29, 1.82) is 0 Å². The molecular weight excluding hydrogens is 800 g/mol. The Kier molecular flexibility index (Phi) is 47.6. The summed E-state index contributed by atoms with van der Waals surface area (Å²) in [6.07, 6.45) is 56.4. The molecule has 10 heteroatoms. The highest BCUT2D eigenvalue weighted by molar-refractivity contribution is 7.47. The predicted molar refractivity (Wildman–Crippen MR) is 260 cm³/mol. The van der Waals surface area contributed by atoms with Gasteiger partial charge in [0.25, 0.3) is 0 Å². The van der Waals surface area contributed by atoms with Crippen molar-refractivity contribution in [3.63, 3.8) is 0 Å². The normalized spacial score (nSPS) is 14.2. The number of hydrogen-bond donors (Lipinski definition) is 3. The van der Waals surface area contributed by atoms with E-state index in [0.717, 1.165) is 70.6 Å². The van der Waals surface area contributed by atoms with Gasteiger partial charge in [-0.1, -0.05) is 197 Å². The number of allylic oxidation sites excluding steroid dienone is 8. The van der Waals surface area contributed by atoms with Crippen LogP contribution in [-0.2, 0) is 27.9 Å². The van der Waals surface area contributed by atoms with Gasteiger partial charge in [0.2, 0.25) is 0 Å². The van der Waals surface area contributed by atoms with Gasteiger partial charge in [-0.3, -0.25) is 13.8 Å². The lowest BCUT2D eigenvalue weighted by Crippen LogP contribution is -2.29. The fourth-order valence-electron chi connectivity index (χ4n) is 7.06. The Balaban J connectivity index is 4.08. The number of aliphatic hydroxyl groups excluding tert-OH is 2. The minimum absolute atomic E-state index is 0.0437. The van der Waals surface area contributed by atoms with Crippen LogP contribution in [0.25, 0.3) is 0 Å². The van der Waals surface area contributed by atoms with Gasteiger partial charge in [0.05, 0.1) is 26.4 Å². The molecule has 0 aliphatic carbocycles. The maximum absolute atomic E-state index is 12.7. The van der Waals surface area contributed by atoms with E-state index in [1.165, 1.54) is 141 Å². The number of aliphatic hydroxyl groups is 2. The van der Waals surface area contributed by atoms with Crippen LogP contribution in [0.3, 0.4) is 0 Å². The van der Waals surface area contributed by atoms with Gasteiger partial charge in [-0.25, -0.2) is 4.57 Å². The number of esters is 1. The zero-order chi connectivity index (χ0) is 45.3. The number of ether oxygens (including phenoxy) is 2. The van der Waals surface area contributed by atoms with Crippen molar-refractivity contribution in [3.05, 3.63) is 48.6 Å². The predicted octanol–water partition coefficient (Wildman–Crippen LogP) is 14.9. The molecule has 62 heavy (non-hydrogen) atoms. The van der Waals surface area contributed by atoms with Crippen LogP contribution in [0.1, 0.15) is 232 Å². The lowest BCUT2D eigenvalue weighted by molar-refractivity contribution is -0.154. The Morgan fingerprint density at radius 1 is 0.500 bits per heavy atom. The summed E-state index contributed by atoms with van der Waals surface area (Å²) in [5.74, 6) is -0.388. The van der Waals surface area contributed by atoms with Crippen molar-refractivity contribution in [1.82, 2.24) is 0 Å². The second kappa shape index (κ2) is 48.9. The van der Waals surface area contributed by atoms with Crippen molar-refractivity contribution in [3.8, 4) is 0 Å². The first kappa shape index (κ1) is 60.4. The number of hydrogen-bond acceptors (Lipinski definition) is 8. The highest BCUT2D eigenvalue weighted by Gasteiger charge is 2.26. The van der Waals surface area contributed by atoms with E-state index >= 15 is 0 Å². The second-order valence-electron chi connectivity index (χ2n) is 17.2. The number of phosphoric acid groups is 1. The van der Waals surface area contributed by atoms with E-state index in [9.17, 15) is 19.4 Å². The second-order valence-corrected chi connectivity index (χ2v) is 18.6. The minimum atomic E-state index is -4.53. The molecule has 0 aromatic heterocycles. The molecule has 0 aromatic carbocycles. The Morgan fingerprint density at radius 2 is 0.871 bits per heavy atom. The monoisotopic (exact) mass is 897 g/mol. The van der Waals surface area contributed by atoms with Crippen molar-refractivity contribution >= 4 is 13.8 Å². The number of unbranched alkanes of at least 4 members (excludes halogenated alkanes) is 27. The third-order valence-corrected chi connectivity index (χ3v) is 11.9. The van der Waals surface area contributed by atoms with Crippen LogP contribution in [0.5, 0.6) is 0 Å². The topological polar surface area (TPSA) is 132 Å². The third-order valence-electron chi connectivity index (χ3n) is 11.0. The van der Waals surface area contributed by atoms with Crippen LogP contribution in [-0.4, -0.2) is 66.3 Å². The molecule has 0 fully saturated rings. The Hall–Kier alpha value is -1.58. The van der Waals surface area contributed by atoms with Gasteiger partial charge < -0.3 is 24.6 Å². The van der Waals surface area contributed by atoms with E-state index in [1.807, 2.05) is 0 Å². The molecule has 0 saturated heterocycles. The van der Waals surface area contributed by atoms with Crippen molar-refractivity contribution in [2.75, 3.05) is 33.0 Å². The molecule has 0 aliphatic rings. The summed E-state index contributed by atoms with van der Waals surface area (Å²) in [6, 6.07) is 0. The maximum Gasteiger partial charge on any atom is 0.472 e.